The predicted octanol–water partition coefficient (Wildman–Crippen LogP) is -0.246. The lowest BCUT2D eigenvalue weighted by Gasteiger charge is -2.36. The highest BCUT2D eigenvalue weighted by Crippen LogP contribution is 2.47. The van der Waals surface area contributed by atoms with E-state index >= 15 is 0 Å². The van der Waals surface area contributed by atoms with Crippen molar-refractivity contribution in [3.63, 3.8) is 0 Å². The van der Waals surface area contributed by atoms with Gasteiger partial charge in [-0.2, -0.15) is 0 Å². The summed E-state index contributed by atoms with van der Waals surface area (Å²) in [4.78, 5) is 40.7. The Bertz CT molecular complexity index is 543. The first kappa shape index (κ1) is 17.5. The quantitative estimate of drug-likeness (QED) is 0.726. The van der Waals surface area contributed by atoms with Gasteiger partial charge in [0.1, 0.15) is 6.04 Å². The Morgan fingerprint density at radius 1 is 1.46 bits per heavy atom. The number of rotatable bonds is 4. The van der Waals surface area contributed by atoms with Crippen LogP contribution in [0.3, 0.4) is 0 Å². The minimum atomic E-state index is -0.374. The summed E-state index contributed by atoms with van der Waals surface area (Å²) in [5.41, 5.74) is 5.42. The first-order valence-corrected chi connectivity index (χ1v) is 9.67. The lowest BCUT2D eigenvalue weighted by molar-refractivity contribution is -0.146. The average Bonchev–Trinajstić information content (AvgIpc) is 3.08. The van der Waals surface area contributed by atoms with E-state index in [9.17, 15) is 14.4 Å². The fraction of sp³-hybridized carbons (Fsp3) is 0.812. The number of nitrogens with one attached hydrogen (secondary N) is 1. The summed E-state index contributed by atoms with van der Waals surface area (Å²) < 4.78 is 0. The summed E-state index contributed by atoms with van der Waals surface area (Å²) >= 11 is 1.70. The third-order valence-electron chi connectivity index (χ3n) is 5.28. The SMILES string of the molecule is CC12CCC(=O)N1C(C(=O)N1CCCC(C(=O)NCCN)C1)CS2. The zero-order valence-corrected chi connectivity index (χ0v) is 14.9. The van der Waals surface area contributed by atoms with Gasteiger partial charge in [0, 0.05) is 38.4 Å². The summed E-state index contributed by atoms with van der Waals surface area (Å²) in [5, 5.41) is 2.81. The number of fused-ring (bicyclic) bond motifs is 1. The molecular formula is C16H26N4O3S. The molecule has 7 nitrogen and oxygen atoms in total. The van der Waals surface area contributed by atoms with Crippen molar-refractivity contribution in [1.82, 2.24) is 15.1 Å². The molecule has 3 saturated heterocycles. The number of nitrogens with two attached hydrogens (primary N) is 1. The van der Waals surface area contributed by atoms with Crippen LogP contribution in [0.5, 0.6) is 0 Å². The van der Waals surface area contributed by atoms with Gasteiger partial charge in [-0.15, -0.1) is 11.8 Å². The second-order valence-corrected chi connectivity index (χ2v) is 8.47. The molecule has 0 radical (unpaired) electrons. The maximum absolute atomic E-state index is 13.0. The molecular weight excluding hydrogens is 328 g/mol. The van der Waals surface area contributed by atoms with E-state index in [2.05, 4.69) is 12.2 Å². The van der Waals surface area contributed by atoms with Crippen molar-refractivity contribution < 1.29 is 14.4 Å². The van der Waals surface area contributed by atoms with Crippen molar-refractivity contribution >= 4 is 29.5 Å². The van der Waals surface area contributed by atoms with Crippen LogP contribution < -0.4 is 11.1 Å². The van der Waals surface area contributed by atoms with Crippen molar-refractivity contribution in [1.29, 1.82) is 0 Å². The minimum Gasteiger partial charge on any atom is -0.355 e. The van der Waals surface area contributed by atoms with Crippen LogP contribution in [0, 0.1) is 5.92 Å². The monoisotopic (exact) mass is 354 g/mol. The van der Waals surface area contributed by atoms with E-state index in [1.807, 2.05) is 0 Å². The van der Waals surface area contributed by atoms with Crippen LogP contribution in [0.1, 0.15) is 32.6 Å². The summed E-state index contributed by atoms with van der Waals surface area (Å²) in [5.74, 6) is 0.527. The van der Waals surface area contributed by atoms with Gasteiger partial charge in [-0.25, -0.2) is 0 Å². The topological polar surface area (TPSA) is 95.7 Å². The van der Waals surface area contributed by atoms with Gasteiger partial charge in [0.25, 0.3) is 0 Å². The number of likely N-dealkylation sites (tertiary alicyclic amines) is 1. The van der Waals surface area contributed by atoms with Gasteiger partial charge in [-0.1, -0.05) is 0 Å². The standard InChI is InChI=1S/C16H26N4O3S/c1-16-5-4-13(21)20(16)12(10-24-16)15(23)19-8-2-3-11(9-19)14(22)18-7-6-17/h11-12H,2-10,17H2,1H3,(H,18,22). The molecule has 24 heavy (non-hydrogen) atoms. The number of amides is 3. The molecule has 0 aromatic heterocycles. The van der Waals surface area contributed by atoms with E-state index in [-0.39, 0.29) is 34.6 Å². The number of carbonyl (C=O) groups excluding carboxylic acids is 3. The van der Waals surface area contributed by atoms with Crippen LogP contribution >= 0.6 is 11.8 Å². The maximum atomic E-state index is 13.0. The van der Waals surface area contributed by atoms with Crippen molar-refractivity contribution in [2.75, 3.05) is 31.9 Å². The molecule has 0 spiro atoms. The van der Waals surface area contributed by atoms with Crippen LogP contribution in [0.4, 0.5) is 0 Å². The fourth-order valence-electron chi connectivity index (χ4n) is 3.95. The van der Waals surface area contributed by atoms with Gasteiger partial charge >= 0.3 is 0 Å². The van der Waals surface area contributed by atoms with Crippen LogP contribution in [0.15, 0.2) is 0 Å². The summed E-state index contributed by atoms with van der Waals surface area (Å²) in [6.45, 7) is 4.03. The van der Waals surface area contributed by atoms with Gasteiger partial charge in [0.15, 0.2) is 0 Å². The molecule has 0 aliphatic carbocycles. The highest BCUT2D eigenvalue weighted by Gasteiger charge is 2.53. The van der Waals surface area contributed by atoms with Crippen LogP contribution in [0.25, 0.3) is 0 Å². The minimum absolute atomic E-state index is 0.00204. The summed E-state index contributed by atoms with van der Waals surface area (Å²) in [6, 6.07) is -0.374. The van der Waals surface area contributed by atoms with Crippen molar-refractivity contribution in [2.24, 2.45) is 11.7 Å². The van der Waals surface area contributed by atoms with E-state index in [0.717, 1.165) is 19.3 Å². The molecule has 0 saturated carbocycles. The molecule has 3 heterocycles. The van der Waals surface area contributed by atoms with Crippen molar-refractivity contribution in [2.45, 2.75) is 43.5 Å². The Balaban J connectivity index is 1.65. The van der Waals surface area contributed by atoms with E-state index in [0.29, 0.717) is 38.4 Å². The Labute approximate surface area is 146 Å². The number of thioether (sulfide) groups is 1. The van der Waals surface area contributed by atoms with Crippen molar-refractivity contribution in [3.05, 3.63) is 0 Å². The molecule has 3 aliphatic heterocycles. The van der Waals surface area contributed by atoms with Gasteiger partial charge in [-0.05, 0) is 26.2 Å². The van der Waals surface area contributed by atoms with E-state index in [1.54, 1.807) is 21.6 Å². The smallest absolute Gasteiger partial charge is 0.246 e. The Kier molecular flexibility index (Phi) is 5.05. The van der Waals surface area contributed by atoms with E-state index in [4.69, 9.17) is 5.73 Å². The third kappa shape index (κ3) is 3.13. The Morgan fingerprint density at radius 2 is 2.25 bits per heavy atom. The van der Waals surface area contributed by atoms with Crippen LogP contribution in [-0.4, -0.2) is 70.4 Å². The molecule has 0 aromatic carbocycles. The maximum Gasteiger partial charge on any atom is 0.246 e. The Morgan fingerprint density at radius 3 is 3.00 bits per heavy atom. The first-order chi connectivity index (χ1) is 11.5. The zero-order chi connectivity index (χ0) is 17.3. The highest BCUT2D eigenvalue weighted by atomic mass is 32.2. The molecule has 8 heteroatoms. The normalized spacial score (nSPS) is 32.8. The van der Waals surface area contributed by atoms with Crippen molar-refractivity contribution in [3.8, 4) is 0 Å². The summed E-state index contributed by atoms with van der Waals surface area (Å²) in [6.07, 6.45) is 2.94. The second kappa shape index (κ2) is 6.92. The predicted molar refractivity (Wildman–Crippen MR) is 92.1 cm³/mol. The fourth-order valence-corrected chi connectivity index (χ4v) is 5.37. The number of piperidine rings is 1. The van der Waals surface area contributed by atoms with Gasteiger partial charge < -0.3 is 20.9 Å². The molecule has 0 bridgehead atoms. The van der Waals surface area contributed by atoms with Gasteiger partial charge in [0.05, 0.1) is 10.8 Å². The summed E-state index contributed by atoms with van der Waals surface area (Å²) in [7, 11) is 0. The molecule has 0 aromatic rings. The first-order valence-electron chi connectivity index (χ1n) is 8.69. The van der Waals surface area contributed by atoms with E-state index < -0.39 is 0 Å². The molecule has 3 unspecified atom stereocenters. The van der Waals surface area contributed by atoms with Crippen LogP contribution in [-0.2, 0) is 14.4 Å². The number of hydrogen-bond acceptors (Lipinski definition) is 5. The van der Waals surface area contributed by atoms with E-state index in [1.165, 1.54) is 0 Å². The van der Waals surface area contributed by atoms with Gasteiger partial charge in [0.2, 0.25) is 17.7 Å². The van der Waals surface area contributed by atoms with Gasteiger partial charge in [-0.3, -0.25) is 14.4 Å². The molecule has 3 fully saturated rings. The zero-order valence-electron chi connectivity index (χ0n) is 14.1. The highest BCUT2D eigenvalue weighted by molar-refractivity contribution is 8.01. The number of carbonyl (C=O) groups is 3. The second-order valence-electron chi connectivity index (χ2n) is 6.97. The lowest BCUT2D eigenvalue weighted by atomic mass is 9.96. The number of nitrogens with zero attached hydrogens (tertiary/aromatic N) is 2. The molecule has 3 rings (SSSR count). The number of hydrogen-bond donors (Lipinski definition) is 2. The Hall–Kier alpha value is -1.28. The molecule has 3 N–H and O–H groups in total. The lowest BCUT2D eigenvalue weighted by Crippen LogP contribution is -2.54. The molecule has 3 amide bonds. The largest absolute Gasteiger partial charge is 0.355 e. The molecule has 3 atom stereocenters. The third-order valence-corrected chi connectivity index (χ3v) is 6.78. The molecule has 134 valence electrons. The molecule has 3 aliphatic rings. The average molecular weight is 354 g/mol. The van der Waals surface area contributed by atoms with Crippen LogP contribution in [0.2, 0.25) is 0 Å².